The van der Waals surface area contributed by atoms with E-state index < -0.39 is 0 Å². The van der Waals surface area contributed by atoms with Crippen molar-refractivity contribution in [3.05, 3.63) is 48.5 Å². The van der Waals surface area contributed by atoms with Gasteiger partial charge in [-0.1, -0.05) is 23.2 Å². The van der Waals surface area contributed by atoms with E-state index in [9.17, 15) is 0 Å². The topological polar surface area (TPSA) is 9.23 Å². The van der Waals surface area contributed by atoms with E-state index >= 15 is 0 Å². The summed E-state index contributed by atoms with van der Waals surface area (Å²) in [6.07, 6.45) is 0. The van der Waals surface area contributed by atoms with Crippen LogP contribution in [0, 0.1) is 0 Å². The molecule has 1 heterocycles. The fourth-order valence-corrected chi connectivity index (χ4v) is 3.68. The average molecular weight is 387 g/mol. The molecule has 0 saturated heterocycles. The molecule has 0 saturated carbocycles. The molecule has 0 amide bonds. The number of methoxy groups -OCH3 is 1. The highest BCUT2D eigenvalue weighted by Gasteiger charge is 2.18. The van der Waals surface area contributed by atoms with Crippen molar-refractivity contribution in [1.82, 2.24) is 0 Å². The van der Waals surface area contributed by atoms with E-state index in [1.165, 1.54) is 0 Å². The minimum Gasteiger partial charge on any atom is -0.495 e. The van der Waals surface area contributed by atoms with E-state index in [1.807, 2.05) is 11.4 Å². The Morgan fingerprint density at radius 3 is 2.50 bits per heavy atom. The van der Waals surface area contributed by atoms with E-state index in [0.717, 1.165) is 14.9 Å². The molecule has 0 aliphatic heterocycles. The molecule has 0 spiro atoms. The average Bonchev–Trinajstić information content (AvgIpc) is 2.77. The van der Waals surface area contributed by atoms with Crippen LogP contribution in [0.5, 0.6) is 5.75 Å². The molecule has 96 valence electrons. The van der Waals surface area contributed by atoms with Crippen LogP contribution in [-0.4, -0.2) is 7.11 Å². The summed E-state index contributed by atoms with van der Waals surface area (Å²) in [5.41, 5.74) is 1.76. The second-order valence-corrected chi connectivity index (χ2v) is 7.10. The summed E-state index contributed by atoms with van der Waals surface area (Å²) >= 11 is 23.7. The Hall–Kier alpha value is 0.0700. The smallest absolute Gasteiger partial charge is 0.138 e. The highest BCUT2D eigenvalue weighted by atomic mass is 79.9. The molecule has 0 fully saturated rings. The van der Waals surface area contributed by atoms with Gasteiger partial charge in [0.15, 0.2) is 0 Å². The van der Waals surface area contributed by atoms with Gasteiger partial charge in [0.25, 0.3) is 0 Å². The molecule has 2 aromatic rings. The van der Waals surface area contributed by atoms with Gasteiger partial charge in [-0.05, 0) is 44.6 Å². The summed E-state index contributed by atoms with van der Waals surface area (Å²) in [6.45, 7) is 0. The number of alkyl halides is 1. The first-order chi connectivity index (χ1) is 8.52. The van der Waals surface area contributed by atoms with Crippen molar-refractivity contribution in [3.63, 3.8) is 0 Å². The summed E-state index contributed by atoms with van der Waals surface area (Å²) < 4.78 is 6.13. The van der Waals surface area contributed by atoms with Crippen LogP contribution in [0.3, 0.4) is 0 Å². The molecular formula is C12H8BrCl3OS. The predicted molar refractivity (Wildman–Crippen MR) is 82.7 cm³/mol. The number of ether oxygens (including phenoxy) is 1. The Morgan fingerprint density at radius 2 is 1.94 bits per heavy atom. The number of rotatable bonds is 3. The Labute approximate surface area is 133 Å². The lowest BCUT2D eigenvalue weighted by Gasteiger charge is -2.13. The van der Waals surface area contributed by atoms with Crippen LogP contribution in [0.15, 0.2) is 27.4 Å². The van der Waals surface area contributed by atoms with Gasteiger partial charge in [-0.15, -0.1) is 22.9 Å². The number of thiophene rings is 1. The zero-order valence-electron chi connectivity index (χ0n) is 9.22. The molecular weight excluding hydrogens is 378 g/mol. The van der Waals surface area contributed by atoms with Gasteiger partial charge in [0.1, 0.15) is 5.75 Å². The van der Waals surface area contributed by atoms with Gasteiger partial charge in [-0.3, -0.25) is 0 Å². The molecule has 0 aliphatic rings. The van der Waals surface area contributed by atoms with Crippen molar-refractivity contribution >= 4 is 62.1 Å². The van der Waals surface area contributed by atoms with Crippen molar-refractivity contribution in [2.45, 2.75) is 5.38 Å². The molecule has 1 nitrogen and oxygen atoms in total. The van der Waals surface area contributed by atoms with Gasteiger partial charge in [-0.25, -0.2) is 0 Å². The van der Waals surface area contributed by atoms with Crippen LogP contribution in [0.25, 0.3) is 0 Å². The van der Waals surface area contributed by atoms with Crippen LogP contribution >= 0.6 is 62.1 Å². The first-order valence-electron chi connectivity index (χ1n) is 4.94. The minimum atomic E-state index is -0.330. The third-order valence-corrected chi connectivity index (χ3v) is 5.06. The van der Waals surface area contributed by atoms with E-state index in [1.54, 1.807) is 30.6 Å². The van der Waals surface area contributed by atoms with Crippen LogP contribution in [0.2, 0.25) is 10.0 Å². The van der Waals surface area contributed by atoms with Gasteiger partial charge in [0.05, 0.1) is 21.3 Å². The van der Waals surface area contributed by atoms with Crippen molar-refractivity contribution in [2.24, 2.45) is 0 Å². The molecule has 0 N–H and O–H groups in total. The van der Waals surface area contributed by atoms with Crippen LogP contribution < -0.4 is 4.74 Å². The SMILES string of the molecule is COc1cc(Cl)c(C(Cl)c2csc(Br)c2)cc1Cl. The molecule has 18 heavy (non-hydrogen) atoms. The molecule has 0 radical (unpaired) electrons. The van der Waals surface area contributed by atoms with Crippen molar-refractivity contribution < 1.29 is 4.74 Å². The van der Waals surface area contributed by atoms with Crippen molar-refractivity contribution in [2.75, 3.05) is 7.11 Å². The second-order valence-electron chi connectivity index (χ2n) is 3.55. The van der Waals surface area contributed by atoms with Gasteiger partial charge in [0, 0.05) is 11.1 Å². The predicted octanol–water partition coefficient (Wildman–Crippen LogP) is 6.15. The third kappa shape index (κ3) is 2.97. The summed E-state index contributed by atoms with van der Waals surface area (Å²) in [7, 11) is 1.55. The second kappa shape index (κ2) is 6.02. The fraction of sp³-hybridized carbons (Fsp3) is 0.167. The van der Waals surface area contributed by atoms with E-state index in [0.29, 0.717) is 15.8 Å². The zero-order valence-corrected chi connectivity index (χ0v) is 13.9. The quantitative estimate of drug-likeness (QED) is 0.575. The standard InChI is InChI=1S/C12H8BrCl3OS/c1-17-10-4-8(14)7(3-9(10)15)12(16)6-2-11(13)18-5-6/h2-5,12H,1H3. The van der Waals surface area contributed by atoms with Gasteiger partial charge < -0.3 is 4.74 Å². The highest BCUT2D eigenvalue weighted by molar-refractivity contribution is 9.11. The van der Waals surface area contributed by atoms with Crippen molar-refractivity contribution in [1.29, 1.82) is 0 Å². The summed E-state index contributed by atoms with van der Waals surface area (Å²) in [4.78, 5) is 0. The molecule has 0 bridgehead atoms. The van der Waals surface area contributed by atoms with E-state index in [4.69, 9.17) is 39.5 Å². The Morgan fingerprint density at radius 1 is 1.22 bits per heavy atom. The van der Waals surface area contributed by atoms with Gasteiger partial charge >= 0.3 is 0 Å². The monoisotopic (exact) mass is 384 g/mol. The Bertz CT molecular complexity index is 570. The lowest BCUT2D eigenvalue weighted by Crippen LogP contribution is -1.94. The molecule has 1 aromatic heterocycles. The number of hydrogen-bond acceptors (Lipinski definition) is 2. The number of halogens is 4. The van der Waals surface area contributed by atoms with E-state index in [-0.39, 0.29) is 5.38 Å². The largest absolute Gasteiger partial charge is 0.495 e. The normalized spacial score (nSPS) is 12.5. The van der Waals surface area contributed by atoms with Crippen LogP contribution in [0.4, 0.5) is 0 Å². The molecule has 1 aromatic carbocycles. The van der Waals surface area contributed by atoms with Gasteiger partial charge in [-0.2, -0.15) is 0 Å². The van der Waals surface area contributed by atoms with Crippen LogP contribution in [-0.2, 0) is 0 Å². The maximum atomic E-state index is 6.42. The summed E-state index contributed by atoms with van der Waals surface area (Å²) in [5, 5.41) is 2.69. The lowest BCUT2D eigenvalue weighted by molar-refractivity contribution is 0.415. The fourth-order valence-electron chi connectivity index (χ4n) is 1.53. The van der Waals surface area contributed by atoms with Crippen LogP contribution in [0.1, 0.15) is 16.5 Å². The molecule has 2 rings (SSSR count). The summed E-state index contributed by atoms with van der Waals surface area (Å²) in [5.74, 6) is 0.542. The zero-order chi connectivity index (χ0) is 13.3. The number of hydrogen-bond donors (Lipinski definition) is 0. The first-order valence-corrected chi connectivity index (χ1v) is 7.80. The maximum absolute atomic E-state index is 6.42. The highest BCUT2D eigenvalue weighted by Crippen LogP contribution is 2.40. The Kier molecular flexibility index (Phi) is 4.84. The molecule has 6 heteroatoms. The lowest BCUT2D eigenvalue weighted by atomic mass is 10.1. The third-order valence-electron chi connectivity index (χ3n) is 2.42. The first kappa shape index (κ1) is 14.5. The maximum Gasteiger partial charge on any atom is 0.138 e. The molecule has 1 atom stereocenters. The van der Waals surface area contributed by atoms with Gasteiger partial charge in [0.2, 0.25) is 0 Å². The molecule has 0 aliphatic carbocycles. The van der Waals surface area contributed by atoms with Crippen molar-refractivity contribution in [3.8, 4) is 5.75 Å². The Balaban J connectivity index is 2.42. The molecule has 1 unspecified atom stereocenters. The number of benzene rings is 1. The summed E-state index contributed by atoms with van der Waals surface area (Å²) in [6, 6.07) is 5.39. The minimum absolute atomic E-state index is 0.330. The van der Waals surface area contributed by atoms with E-state index in [2.05, 4.69) is 15.9 Å².